The van der Waals surface area contributed by atoms with Gasteiger partial charge in [-0.1, -0.05) is 35.9 Å². The van der Waals surface area contributed by atoms with Gasteiger partial charge in [0.05, 0.1) is 23.5 Å². The molecule has 7 nitrogen and oxygen atoms in total. The van der Waals surface area contributed by atoms with Crippen LogP contribution in [0.4, 0.5) is 5.69 Å². The number of halogens is 1. The van der Waals surface area contributed by atoms with Gasteiger partial charge in [0.25, 0.3) is 5.91 Å². The maximum Gasteiger partial charge on any atom is 0.262 e. The Balaban J connectivity index is 1.37. The summed E-state index contributed by atoms with van der Waals surface area (Å²) in [7, 11) is 1.51. The molecule has 176 valence electrons. The Morgan fingerprint density at radius 1 is 1.03 bits per heavy atom. The fourth-order valence-electron chi connectivity index (χ4n) is 3.27. The van der Waals surface area contributed by atoms with Crippen molar-refractivity contribution in [3.05, 3.63) is 107 Å². The zero-order valence-corrected chi connectivity index (χ0v) is 19.6. The van der Waals surface area contributed by atoms with Gasteiger partial charge in [-0.2, -0.15) is 5.10 Å². The first-order valence-corrected chi connectivity index (χ1v) is 11.1. The van der Waals surface area contributed by atoms with Crippen LogP contribution in [0, 0.1) is 0 Å². The third kappa shape index (κ3) is 6.16. The van der Waals surface area contributed by atoms with Crippen LogP contribution in [0.25, 0.3) is 11.8 Å². The molecule has 4 rings (SSSR count). The fraction of sp³-hybridized carbons (Fsp3) is 0.0741. The molecule has 0 unspecified atom stereocenters. The van der Waals surface area contributed by atoms with E-state index < -0.39 is 0 Å². The van der Waals surface area contributed by atoms with Crippen molar-refractivity contribution in [1.82, 2.24) is 9.78 Å². The van der Waals surface area contributed by atoms with Crippen molar-refractivity contribution in [1.29, 1.82) is 0 Å². The Hall–Kier alpha value is -4.36. The predicted molar refractivity (Wildman–Crippen MR) is 135 cm³/mol. The first-order chi connectivity index (χ1) is 17.0. The lowest BCUT2D eigenvalue weighted by molar-refractivity contribution is -0.118. The molecule has 1 heterocycles. The summed E-state index contributed by atoms with van der Waals surface area (Å²) in [5.41, 5.74) is 2.69. The lowest BCUT2D eigenvalue weighted by Crippen LogP contribution is -2.20. The standard InChI is InChI=1S/C27H22ClN3O4/c1-34-26-17-19(7-13-24(32)20-9-11-21(12-10-20)31-16-4-15-29-31)8-14-25(26)35-18-27(33)30-23-6-3-2-5-22(23)28/h2-17H,18H2,1H3,(H,30,33)/b13-7+. The first-order valence-electron chi connectivity index (χ1n) is 10.7. The Bertz CT molecular complexity index is 1350. The number of ether oxygens (including phenoxy) is 2. The second-order valence-corrected chi connectivity index (χ2v) is 7.83. The Morgan fingerprint density at radius 2 is 1.83 bits per heavy atom. The number of carbonyl (C=O) groups is 2. The molecular formula is C27H22ClN3O4. The number of methoxy groups -OCH3 is 1. The smallest absolute Gasteiger partial charge is 0.262 e. The molecule has 0 atom stereocenters. The van der Waals surface area contributed by atoms with Gasteiger partial charge in [0.15, 0.2) is 23.9 Å². The van der Waals surface area contributed by atoms with Gasteiger partial charge in [-0.05, 0) is 66.2 Å². The average molecular weight is 488 g/mol. The largest absolute Gasteiger partial charge is 0.493 e. The number of nitrogens with zero attached hydrogens (tertiary/aromatic N) is 2. The van der Waals surface area contributed by atoms with Crippen LogP contribution in [-0.4, -0.2) is 35.2 Å². The summed E-state index contributed by atoms with van der Waals surface area (Å²) < 4.78 is 12.7. The Morgan fingerprint density at radius 3 is 2.54 bits per heavy atom. The van der Waals surface area contributed by atoms with E-state index >= 15 is 0 Å². The topological polar surface area (TPSA) is 82.5 Å². The quantitative estimate of drug-likeness (QED) is 0.251. The van der Waals surface area contributed by atoms with Crippen molar-refractivity contribution in [2.45, 2.75) is 0 Å². The van der Waals surface area contributed by atoms with E-state index in [0.717, 1.165) is 11.3 Å². The SMILES string of the molecule is COc1cc(/C=C/C(=O)c2ccc(-n3cccn3)cc2)ccc1OCC(=O)Nc1ccccc1Cl. The Kier molecular flexibility index (Phi) is 7.60. The number of amides is 1. The lowest BCUT2D eigenvalue weighted by Gasteiger charge is -2.12. The molecule has 0 aliphatic carbocycles. The zero-order chi connectivity index (χ0) is 24.6. The number of nitrogens with one attached hydrogen (secondary N) is 1. The molecule has 4 aromatic rings. The van der Waals surface area contributed by atoms with E-state index in [2.05, 4.69) is 10.4 Å². The van der Waals surface area contributed by atoms with Gasteiger partial charge in [-0.3, -0.25) is 9.59 Å². The van der Waals surface area contributed by atoms with Crippen molar-refractivity contribution in [2.75, 3.05) is 19.0 Å². The molecule has 0 fully saturated rings. The van der Waals surface area contributed by atoms with Crippen molar-refractivity contribution < 1.29 is 19.1 Å². The molecule has 1 aromatic heterocycles. The molecule has 1 amide bonds. The number of benzene rings is 3. The van der Waals surface area contributed by atoms with E-state index in [4.69, 9.17) is 21.1 Å². The van der Waals surface area contributed by atoms with Crippen molar-refractivity contribution in [3.8, 4) is 17.2 Å². The molecule has 0 saturated carbocycles. The average Bonchev–Trinajstić information content (AvgIpc) is 3.43. The first kappa shape index (κ1) is 23.8. The number of rotatable bonds is 9. The van der Waals surface area contributed by atoms with Crippen LogP contribution in [0.1, 0.15) is 15.9 Å². The van der Waals surface area contributed by atoms with E-state index in [1.54, 1.807) is 71.6 Å². The molecule has 1 N–H and O–H groups in total. The monoisotopic (exact) mass is 487 g/mol. The zero-order valence-electron chi connectivity index (χ0n) is 18.9. The van der Waals surface area contributed by atoms with Crippen LogP contribution < -0.4 is 14.8 Å². The van der Waals surface area contributed by atoms with Crippen molar-refractivity contribution in [3.63, 3.8) is 0 Å². The predicted octanol–water partition coefficient (Wildman–Crippen LogP) is 5.45. The number of carbonyl (C=O) groups excluding carboxylic acids is 2. The molecule has 0 aliphatic rings. The lowest BCUT2D eigenvalue weighted by atomic mass is 10.1. The van der Waals surface area contributed by atoms with E-state index in [9.17, 15) is 9.59 Å². The van der Waals surface area contributed by atoms with E-state index in [1.807, 2.05) is 24.4 Å². The maximum absolute atomic E-state index is 12.6. The molecule has 35 heavy (non-hydrogen) atoms. The van der Waals surface area contributed by atoms with Crippen LogP contribution in [-0.2, 0) is 4.79 Å². The number of aromatic nitrogens is 2. The summed E-state index contributed by atoms with van der Waals surface area (Å²) in [5, 5.41) is 7.31. The van der Waals surface area contributed by atoms with Crippen LogP contribution in [0.15, 0.2) is 91.3 Å². The van der Waals surface area contributed by atoms with Crippen LogP contribution in [0.5, 0.6) is 11.5 Å². The van der Waals surface area contributed by atoms with Crippen molar-refractivity contribution >= 4 is 35.1 Å². The number of allylic oxidation sites excluding steroid dienone is 1. The van der Waals surface area contributed by atoms with Crippen LogP contribution >= 0.6 is 11.6 Å². The van der Waals surface area contributed by atoms with Gasteiger partial charge in [0, 0.05) is 18.0 Å². The minimum absolute atomic E-state index is 0.132. The summed E-state index contributed by atoms with van der Waals surface area (Å²) in [4.78, 5) is 24.8. The second kappa shape index (κ2) is 11.2. The number of anilines is 1. The normalized spacial score (nSPS) is 10.8. The summed E-state index contributed by atoms with van der Waals surface area (Å²) >= 11 is 6.06. The maximum atomic E-state index is 12.6. The summed E-state index contributed by atoms with van der Waals surface area (Å²) in [6.45, 7) is -0.218. The number of hydrogen-bond donors (Lipinski definition) is 1. The molecule has 0 spiro atoms. The molecule has 0 bridgehead atoms. The van der Waals surface area contributed by atoms with E-state index in [0.29, 0.717) is 27.8 Å². The third-order valence-corrected chi connectivity index (χ3v) is 5.37. The third-order valence-electron chi connectivity index (χ3n) is 5.04. The highest BCUT2D eigenvalue weighted by Crippen LogP contribution is 2.29. The van der Waals surface area contributed by atoms with E-state index in [-0.39, 0.29) is 18.3 Å². The second-order valence-electron chi connectivity index (χ2n) is 7.42. The summed E-state index contributed by atoms with van der Waals surface area (Å²) in [6.07, 6.45) is 6.72. The van der Waals surface area contributed by atoms with Gasteiger partial charge in [-0.25, -0.2) is 4.68 Å². The number of hydrogen-bond acceptors (Lipinski definition) is 5. The van der Waals surface area contributed by atoms with Crippen molar-refractivity contribution in [2.24, 2.45) is 0 Å². The Labute approximate surface area is 207 Å². The molecular weight excluding hydrogens is 466 g/mol. The van der Waals surface area contributed by atoms with Gasteiger partial charge in [0.2, 0.25) is 0 Å². The highest BCUT2D eigenvalue weighted by molar-refractivity contribution is 6.33. The van der Waals surface area contributed by atoms with Gasteiger partial charge >= 0.3 is 0 Å². The summed E-state index contributed by atoms with van der Waals surface area (Å²) in [5.74, 6) is 0.356. The summed E-state index contributed by atoms with van der Waals surface area (Å²) in [6, 6.07) is 21.2. The fourth-order valence-corrected chi connectivity index (χ4v) is 3.45. The van der Waals surface area contributed by atoms with Gasteiger partial charge < -0.3 is 14.8 Å². The molecule has 0 aliphatic heterocycles. The minimum Gasteiger partial charge on any atom is -0.493 e. The van der Waals surface area contributed by atoms with Crippen LogP contribution in [0.3, 0.4) is 0 Å². The van der Waals surface area contributed by atoms with Crippen LogP contribution in [0.2, 0.25) is 5.02 Å². The molecule has 8 heteroatoms. The van der Waals surface area contributed by atoms with Gasteiger partial charge in [-0.15, -0.1) is 0 Å². The van der Waals surface area contributed by atoms with Gasteiger partial charge in [0.1, 0.15) is 0 Å². The molecule has 3 aromatic carbocycles. The highest BCUT2D eigenvalue weighted by Gasteiger charge is 2.10. The minimum atomic E-state index is -0.353. The molecule has 0 saturated heterocycles. The number of para-hydroxylation sites is 1. The molecule has 0 radical (unpaired) electrons. The van der Waals surface area contributed by atoms with E-state index in [1.165, 1.54) is 13.2 Å². The number of ketones is 1. The highest BCUT2D eigenvalue weighted by atomic mass is 35.5.